The van der Waals surface area contributed by atoms with E-state index in [1.807, 2.05) is 34.6 Å². The number of carbonyl (C=O) groups is 1. The first-order valence-corrected chi connectivity index (χ1v) is 9.33. The monoisotopic (exact) mass is 332 g/mol. The average Bonchev–Trinajstić information content (AvgIpc) is 2.88. The van der Waals surface area contributed by atoms with Crippen LogP contribution in [0.5, 0.6) is 0 Å². The molecule has 3 rings (SSSR count). The second-order valence-electron chi connectivity index (χ2n) is 7.56. The lowest BCUT2D eigenvalue weighted by Crippen LogP contribution is -2.53. The van der Waals surface area contributed by atoms with Crippen LogP contribution in [0.3, 0.4) is 0 Å². The van der Waals surface area contributed by atoms with Crippen molar-refractivity contribution >= 4 is 16.1 Å². The minimum Gasteiger partial charge on any atom is -0.465 e. The summed E-state index contributed by atoms with van der Waals surface area (Å²) in [5.41, 5.74) is -0.841. The highest BCUT2D eigenvalue weighted by Crippen LogP contribution is 2.60. The number of fused-ring (bicyclic) bond motifs is 1. The number of carbonyl (C=O) groups excluding carboxylic acids is 1. The summed E-state index contributed by atoms with van der Waals surface area (Å²) in [4.78, 5) is 12.5. The van der Waals surface area contributed by atoms with Crippen LogP contribution in [0.25, 0.3) is 0 Å². The molecule has 22 heavy (non-hydrogen) atoms. The molecule has 7 heteroatoms. The fourth-order valence-electron chi connectivity index (χ4n) is 4.44. The van der Waals surface area contributed by atoms with Crippen LogP contribution in [-0.2, 0) is 28.6 Å². The van der Waals surface area contributed by atoms with Crippen LogP contribution < -0.4 is 0 Å². The van der Waals surface area contributed by atoms with Crippen LogP contribution in [0.2, 0.25) is 0 Å². The van der Waals surface area contributed by atoms with Crippen molar-refractivity contribution in [2.24, 2.45) is 23.7 Å². The molecule has 0 amide bonds. The minimum atomic E-state index is -3.69. The van der Waals surface area contributed by atoms with E-state index in [9.17, 15) is 13.2 Å². The smallest absolute Gasteiger partial charge is 0.314 e. The second kappa shape index (κ2) is 4.92. The molecule has 6 nitrogen and oxygen atoms in total. The van der Waals surface area contributed by atoms with Crippen molar-refractivity contribution < 1.29 is 26.9 Å². The molecule has 0 aromatic rings. The van der Waals surface area contributed by atoms with Gasteiger partial charge in [0.25, 0.3) is 10.1 Å². The van der Waals surface area contributed by atoms with Gasteiger partial charge in [-0.1, -0.05) is 27.7 Å². The quantitative estimate of drug-likeness (QED) is 0.571. The molecule has 0 N–H and O–H groups in total. The Morgan fingerprint density at radius 3 is 2.41 bits per heavy atom. The van der Waals surface area contributed by atoms with Crippen LogP contribution in [0.15, 0.2) is 0 Å². The molecule has 3 fully saturated rings. The van der Waals surface area contributed by atoms with Gasteiger partial charge in [-0.25, -0.2) is 0 Å². The van der Waals surface area contributed by atoms with E-state index in [0.29, 0.717) is 6.61 Å². The molecular weight excluding hydrogens is 308 g/mol. The summed E-state index contributed by atoms with van der Waals surface area (Å²) in [5, 5.41) is -0.670. The van der Waals surface area contributed by atoms with Gasteiger partial charge in [0.2, 0.25) is 0 Å². The zero-order chi connectivity index (χ0) is 16.4. The number of esters is 1. The summed E-state index contributed by atoms with van der Waals surface area (Å²) >= 11 is 0. The van der Waals surface area contributed by atoms with Crippen molar-refractivity contribution in [3.8, 4) is 0 Å². The summed E-state index contributed by atoms with van der Waals surface area (Å²) in [5.74, 6) is -1.07. The highest BCUT2D eigenvalue weighted by molar-refractivity contribution is 7.87. The van der Waals surface area contributed by atoms with E-state index in [2.05, 4.69) is 0 Å². The Hall–Kier alpha value is -0.660. The fourth-order valence-corrected chi connectivity index (χ4v) is 6.58. The van der Waals surface area contributed by atoms with Crippen molar-refractivity contribution in [2.45, 2.75) is 57.7 Å². The molecular formula is C15H24O6S. The number of hydrogen-bond acceptors (Lipinski definition) is 6. The number of hydrogen-bond donors (Lipinski definition) is 0. The zero-order valence-corrected chi connectivity index (χ0v) is 14.4. The number of rotatable bonds is 4. The van der Waals surface area contributed by atoms with E-state index in [-0.39, 0.29) is 17.8 Å². The zero-order valence-electron chi connectivity index (χ0n) is 13.6. The van der Waals surface area contributed by atoms with E-state index in [1.54, 1.807) is 0 Å². The third-order valence-electron chi connectivity index (χ3n) is 5.11. The molecule has 0 aromatic heterocycles. The van der Waals surface area contributed by atoms with Crippen molar-refractivity contribution in [1.29, 1.82) is 0 Å². The predicted molar refractivity (Wildman–Crippen MR) is 78.5 cm³/mol. The Morgan fingerprint density at radius 2 is 1.86 bits per heavy atom. The molecule has 3 aliphatic rings. The van der Waals surface area contributed by atoms with Gasteiger partial charge >= 0.3 is 5.97 Å². The van der Waals surface area contributed by atoms with Gasteiger partial charge in [0, 0.05) is 5.92 Å². The van der Waals surface area contributed by atoms with E-state index in [4.69, 9.17) is 13.7 Å². The largest absolute Gasteiger partial charge is 0.465 e. The van der Waals surface area contributed by atoms with E-state index in [1.165, 1.54) is 0 Å². The van der Waals surface area contributed by atoms with Gasteiger partial charge in [0.15, 0.2) is 0 Å². The van der Waals surface area contributed by atoms with Crippen LogP contribution in [-0.4, -0.2) is 44.1 Å². The van der Waals surface area contributed by atoms with Gasteiger partial charge in [-0.2, -0.15) is 8.42 Å². The Kier molecular flexibility index (Phi) is 3.62. The van der Waals surface area contributed by atoms with Gasteiger partial charge in [-0.15, -0.1) is 0 Å². The summed E-state index contributed by atoms with van der Waals surface area (Å²) in [6.45, 7) is 9.96. The van der Waals surface area contributed by atoms with Gasteiger partial charge in [0.1, 0.15) is 23.4 Å². The third-order valence-corrected chi connectivity index (χ3v) is 6.83. The first-order chi connectivity index (χ1) is 10.1. The van der Waals surface area contributed by atoms with Gasteiger partial charge in [-0.3, -0.25) is 8.98 Å². The average molecular weight is 332 g/mol. The van der Waals surface area contributed by atoms with Gasteiger partial charge in [0.05, 0.1) is 12.2 Å². The van der Waals surface area contributed by atoms with E-state index >= 15 is 0 Å². The molecule has 3 aliphatic heterocycles. The molecule has 0 saturated carbocycles. The Bertz CT molecular complexity index is 583. The maximum Gasteiger partial charge on any atom is 0.314 e. The maximum atomic E-state index is 12.5. The standard InChI is InChI=1S/C15H24O6S/c1-7(2)6-19-14(16)10-11-12-13(22(17,18)21-11)9(8(3)4)15(10,5)20-12/h7-13H,6H2,1-5H3. The summed E-state index contributed by atoms with van der Waals surface area (Å²) in [6, 6.07) is 0. The molecule has 126 valence electrons. The predicted octanol–water partition coefficient (Wildman–Crippen LogP) is 1.34. The lowest BCUT2D eigenvalue weighted by Gasteiger charge is -2.37. The van der Waals surface area contributed by atoms with Crippen LogP contribution in [0, 0.1) is 23.7 Å². The third kappa shape index (κ3) is 2.05. The highest BCUT2D eigenvalue weighted by atomic mass is 32.2. The van der Waals surface area contributed by atoms with Crippen LogP contribution >= 0.6 is 0 Å². The lowest BCUT2D eigenvalue weighted by atomic mass is 9.66. The molecule has 0 spiro atoms. The SMILES string of the molecule is CC(C)COC(=O)C1C2OS(=O)(=O)C3C2OC1(C)C3C(C)C. The molecule has 6 unspecified atom stereocenters. The van der Waals surface area contributed by atoms with Crippen molar-refractivity contribution in [3.05, 3.63) is 0 Å². The Morgan fingerprint density at radius 1 is 1.23 bits per heavy atom. The molecule has 3 heterocycles. The van der Waals surface area contributed by atoms with Gasteiger partial charge < -0.3 is 9.47 Å². The first-order valence-electron chi connectivity index (χ1n) is 7.86. The molecule has 6 atom stereocenters. The van der Waals surface area contributed by atoms with Gasteiger partial charge in [-0.05, 0) is 18.8 Å². The molecule has 0 radical (unpaired) electrons. The van der Waals surface area contributed by atoms with E-state index < -0.39 is 45.1 Å². The second-order valence-corrected chi connectivity index (χ2v) is 9.28. The summed E-state index contributed by atoms with van der Waals surface area (Å²) < 4.78 is 41.2. The lowest BCUT2D eigenvalue weighted by molar-refractivity contribution is -0.159. The van der Waals surface area contributed by atoms with Crippen LogP contribution in [0.4, 0.5) is 0 Å². The summed E-state index contributed by atoms with van der Waals surface area (Å²) in [6.07, 6.45) is -1.30. The Labute approximate surface area is 131 Å². The van der Waals surface area contributed by atoms with Crippen molar-refractivity contribution in [3.63, 3.8) is 0 Å². The van der Waals surface area contributed by atoms with E-state index in [0.717, 1.165) is 0 Å². The van der Waals surface area contributed by atoms with Crippen LogP contribution in [0.1, 0.15) is 34.6 Å². The Balaban J connectivity index is 1.95. The topological polar surface area (TPSA) is 78.9 Å². The molecule has 0 aliphatic carbocycles. The summed E-state index contributed by atoms with van der Waals surface area (Å²) in [7, 11) is -3.69. The molecule has 2 bridgehead atoms. The number of ether oxygens (including phenoxy) is 2. The highest BCUT2D eigenvalue weighted by Gasteiger charge is 2.77. The van der Waals surface area contributed by atoms with Crippen molar-refractivity contribution in [2.75, 3.05) is 6.61 Å². The fraction of sp³-hybridized carbons (Fsp3) is 0.933. The first kappa shape index (κ1) is 16.2. The maximum absolute atomic E-state index is 12.5. The molecule has 0 aromatic carbocycles. The minimum absolute atomic E-state index is 0.0674. The van der Waals surface area contributed by atoms with Crippen molar-refractivity contribution in [1.82, 2.24) is 0 Å². The normalized spacial score (nSPS) is 45.0. The molecule has 3 saturated heterocycles.